The van der Waals surface area contributed by atoms with Gasteiger partial charge < -0.3 is 15.6 Å². The molecule has 32 heavy (non-hydrogen) atoms. The minimum atomic E-state index is -3.96. The first-order chi connectivity index (χ1) is 15.5. The number of hydrogen-bond acceptors (Lipinski definition) is 5. The maximum absolute atomic E-state index is 13.4. The van der Waals surface area contributed by atoms with Crippen molar-refractivity contribution < 1.29 is 13.2 Å². The maximum Gasteiger partial charge on any atom is 0.252 e. The predicted octanol–water partition coefficient (Wildman–Crippen LogP) is 3.89. The van der Waals surface area contributed by atoms with Crippen molar-refractivity contribution in [1.82, 2.24) is 15.3 Å². The van der Waals surface area contributed by atoms with Gasteiger partial charge in [-0.1, -0.05) is 36.9 Å². The summed E-state index contributed by atoms with van der Waals surface area (Å²) in [5.41, 5.74) is 2.51. The summed E-state index contributed by atoms with van der Waals surface area (Å²) < 4.78 is 26.7. The molecule has 2 aromatic heterocycles. The van der Waals surface area contributed by atoms with Crippen LogP contribution in [0.5, 0.6) is 0 Å². The molecule has 0 aliphatic carbocycles. The third-order valence-electron chi connectivity index (χ3n) is 5.08. The molecule has 7 nitrogen and oxygen atoms in total. The molecule has 2 heterocycles. The largest absolute Gasteiger partial charge is 0.364 e. The van der Waals surface area contributed by atoms with Crippen LogP contribution in [0.15, 0.2) is 96.8 Å². The molecule has 1 amide bonds. The first-order valence-electron chi connectivity index (χ1n) is 9.96. The van der Waals surface area contributed by atoms with E-state index in [1.54, 1.807) is 30.5 Å². The predicted molar refractivity (Wildman–Crippen MR) is 125 cm³/mol. The standard InChI is InChI=1S/C24H22N4O3S/c1-2-23(28-18-8-6-13-25-16-18)32(30,31)22-11-4-3-9-20(22)24(29)27-15-17-7-5-10-21-19(17)12-14-26-21/h2-14,16,23,26,28H,1,15H2,(H,27,29). The van der Waals surface area contributed by atoms with Crippen molar-refractivity contribution in [2.24, 2.45) is 0 Å². The van der Waals surface area contributed by atoms with Crippen molar-refractivity contribution >= 4 is 32.3 Å². The van der Waals surface area contributed by atoms with Gasteiger partial charge in [0.2, 0.25) is 9.84 Å². The Balaban J connectivity index is 1.59. The van der Waals surface area contributed by atoms with Crippen molar-refractivity contribution in [2.45, 2.75) is 16.8 Å². The molecule has 0 saturated carbocycles. The molecule has 1 atom stereocenters. The van der Waals surface area contributed by atoms with Crippen LogP contribution in [0.4, 0.5) is 5.69 Å². The van der Waals surface area contributed by atoms with Crippen LogP contribution in [0.3, 0.4) is 0 Å². The summed E-state index contributed by atoms with van der Waals surface area (Å²) >= 11 is 0. The molecule has 4 aromatic rings. The molecule has 0 spiro atoms. The number of fused-ring (bicyclic) bond motifs is 1. The zero-order chi connectivity index (χ0) is 22.6. The van der Waals surface area contributed by atoms with Gasteiger partial charge in [-0.25, -0.2) is 8.42 Å². The monoisotopic (exact) mass is 446 g/mol. The summed E-state index contributed by atoms with van der Waals surface area (Å²) in [6.45, 7) is 3.92. The third kappa shape index (κ3) is 4.26. The Bertz CT molecular complexity index is 1360. The molecule has 0 bridgehead atoms. The highest BCUT2D eigenvalue weighted by Crippen LogP contribution is 2.23. The normalized spacial score (nSPS) is 12.2. The van der Waals surface area contributed by atoms with Gasteiger partial charge >= 0.3 is 0 Å². The van der Waals surface area contributed by atoms with Gasteiger partial charge in [0, 0.05) is 36.0 Å². The van der Waals surface area contributed by atoms with Gasteiger partial charge in [-0.15, -0.1) is 0 Å². The van der Waals surface area contributed by atoms with Gasteiger partial charge in [0.1, 0.15) is 0 Å². The fourth-order valence-electron chi connectivity index (χ4n) is 3.49. The Morgan fingerprint density at radius 1 is 1.09 bits per heavy atom. The summed E-state index contributed by atoms with van der Waals surface area (Å²) in [5, 5.41) is 5.62. The van der Waals surface area contributed by atoms with Crippen molar-refractivity contribution in [1.29, 1.82) is 0 Å². The van der Waals surface area contributed by atoms with Crippen LogP contribution in [0.1, 0.15) is 15.9 Å². The van der Waals surface area contributed by atoms with Gasteiger partial charge in [0.05, 0.1) is 16.1 Å². The molecule has 4 rings (SSSR count). The lowest BCUT2D eigenvalue weighted by atomic mass is 10.1. The summed E-state index contributed by atoms with van der Waals surface area (Å²) in [6.07, 6.45) is 6.24. The molecule has 0 aliphatic rings. The van der Waals surface area contributed by atoms with E-state index in [0.29, 0.717) is 5.69 Å². The number of carbonyl (C=O) groups is 1. The quantitative estimate of drug-likeness (QED) is 0.356. The van der Waals surface area contributed by atoms with Gasteiger partial charge in [0.25, 0.3) is 5.91 Å². The van der Waals surface area contributed by atoms with Crippen LogP contribution in [-0.4, -0.2) is 29.7 Å². The second kappa shape index (κ2) is 9.07. The lowest BCUT2D eigenvalue weighted by Crippen LogP contribution is -2.31. The highest BCUT2D eigenvalue weighted by Gasteiger charge is 2.29. The number of carbonyl (C=O) groups excluding carboxylic acids is 1. The van der Waals surface area contributed by atoms with Crippen LogP contribution < -0.4 is 10.6 Å². The van der Waals surface area contributed by atoms with Crippen LogP contribution in [0, 0.1) is 0 Å². The summed E-state index contributed by atoms with van der Waals surface area (Å²) in [5.74, 6) is -0.471. The van der Waals surface area contributed by atoms with E-state index in [1.807, 2.05) is 30.5 Å². The Labute approximate surface area is 186 Å². The second-order valence-electron chi connectivity index (χ2n) is 7.12. The lowest BCUT2D eigenvalue weighted by Gasteiger charge is -2.18. The molecular formula is C24H22N4O3S. The van der Waals surface area contributed by atoms with Crippen molar-refractivity contribution in [2.75, 3.05) is 5.32 Å². The van der Waals surface area contributed by atoms with E-state index in [1.165, 1.54) is 24.4 Å². The number of aromatic amines is 1. The number of nitrogens with zero attached hydrogens (tertiary/aromatic N) is 1. The number of anilines is 1. The highest BCUT2D eigenvalue weighted by molar-refractivity contribution is 7.92. The van der Waals surface area contributed by atoms with Crippen LogP contribution in [0.25, 0.3) is 10.9 Å². The molecule has 0 saturated heterocycles. The number of H-pyrrole nitrogens is 1. The summed E-state index contributed by atoms with van der Waals surface area (Å²) in [4.78, 5) is 20.0. The fraction of sp³-hybridized carbons (Fsp3) is 0.0833. The highest BCUT2D eigenvalue weighted by atomic mass is 32.2. The Kier molecular flexibility index (Phi) is 6.04. The summed E-state index contributed by atoms with van der Waals surface area (Å²) in [6, 6.07) is 17.3. The van der Waals surface area contributed by atoms with Crippen molar-refractivity contribution in [3.63, 3.8) is 0 Å². The number of benzene rings is 2. The van der Waals surface area contributed by atoms with E-state index in [4.69, 9.17) is 0 Å². The first-order valence-corrected chi connectivity index (χ1v) is 11.5. The molecule has 0 fully saturated rings. The minimum Gasteiger partial charge on any atom is -0.364 e. The number of nitrogens with one attached hydrogen (secondary N) is 3. The topological polar surface area (TPSA) is 104 Å². The number of aromatic nitrogens is 2. The molecular weight excluding hydrogens is 424 g/mol. The molecule has 1 unspecified atom stereocenters. The molecule has 0 radical (unpaired) electrons. The molecule has 2 aromatic carbocycles. The van der Waals surface area contributed by atoms with E-state index >= 15 is 0 Å². The van der Waals surface area contributed by atoms with Crippen molar-refractivity contribution in [3.8, 4) is 0 Å². The van der Waals surface area contributed by atoms with E-state index in [-0.39, 0.29) is 17.0 Å². The van der Waals surface area contributed by atoms with Gasteiger partial charge in [-0.2, -0.15) is 0 Å². The Morgan fingerprint density at radius 3 is 2.72 bits per heavy atom. The van der Waals surface area contributed by atoms with E-state index < -0.39 is 21.1 Å². The number of pyridine rings is 1. The SMILES string of the molecule is C=CC(Nc1cccnc1)S(=O)(=O)c1ccccc1C(=O)NCc1cccc2[nH]ccc12. The average molecular weight is 447 g/mol. The number of rotatable bonds is 8. The third-order valence-corrected chi connectivity index (χ3v) is 7.03. The maximum atomic E-state index is 13.4. The zero-order valence-electron chi connectivity index (χ0n) is 17.2. The number of sulfone groups is 1. The minimum absolute atomic E-state index is 0.0707. The lowest BCUT2D eigenvalue weighted by molar-refractivity contribution is 0.0947. The van der Waals surface area contributed by atoms with Crippen molar-refractivity contribution in [3.05, 3.63) is 103 Å². The van der Waals surface area contributed by atoms with Crippen LogP contribution in [-0.2, 0) is 16.4 Å². The number of amides is 1. The Hall–Kier alpha value is -3.91. The van der Waals surface area contributed by atoms with Gasteiger partial charge in [0.15, 0.2) is 5.37 Å². The molecule has 0 aliphatic heterocycles. The fourth-order valence-corrected chi connectivity index (χ4v) is 5.04. The van der Waals surface area contributed by atoms with E-state index in [2.05, 4.69) is 27.2 Å². The van der Waals surface area contributed by atoms with E-state index in [9.17, 15) is 13.2 Å². The zero-order valence-corrected chi connectivity index (χ0v) is 18.0. The number of hydrogen-bond donors (Lipinski definition) is 3. The summed E-state index contributed by atoms with van der Waals surface area (Å²) in [7, 11) is -3.96. The molecule has 162 valence electrons. The van der Waals surface area contributed by atoms with Gasteiger partial charge in [-0.05, 0) is 42.0 Å². The smallest absolute Gasteiger partial charge is 0.252 e. The average Bonchev–Trinajstić information content (AvgIpc) is 3.31. The van der Waals surface area contributed by atoms with Crippen LogP contribution >= 0.6 is 0 Å². The van der Waals surface area contributed by atoms with Crippen LogP contribution in [0.2, 0.25) is 0 Å². The Morgan fingerprint density at radius 2 is 1.94 bits per heavy atom. The first kappa shape index (κ1) is 21.3. The second-order valence-corrected chi connectivity index (χ2v) is 9.16. The van der Waals surface area contributed by atoms with E-state index in [0.717, 1.165) is 16.5 Å². The molecule has 8 heteroatoms. The molecule has 3 N–H and O–H groups in total. The van der Waals surface area contributed by atoms with Gasteiger partial charge in [-0.3, -0.25) is 9.78 Å².